The maximum Gasteiger partial charge on any atom is 0.253 e. The standard InChI is InChI=1S/C25H29N3O3S/c1-16(2)13-26-25(32)28(9-8-18-7-5-4-6-17(18)3)14-20-10-19-11-22-23(31-15-30-22)12-21(19)27-24(20)29/h4-7,10-12,16H,8-9,13-15H2,1-3H3,(H,26,32)(H,27,29). The Morgan fingerprint density at radius 3 is 2.66 bits per heavy atom. The van der Waals surface area contributed by atoms with Crippen LogP contribution in [0, 0.1) is 12.8 Å². The molecule has 3 aromatic rings. The summed E-state index contributed by atoms with van der Waals surface area (Å²) in [5.74, 6) is 1.82. The average molecular weight is 452 g/mol. The van der Waals surface area contributed by atoms with Crippen molar-refractivity contribution in [2.45, 2.75) is 33.7 Å². The van der Waals surface area contributed by atoms with Crippen LogP contribution in [0.2, 0.25) is 0 Å². The van der Waals surface area contributed by atoms with E-state index in [1.165, 1.54) is 11.1 Å². The lowest BCUT2D eigenvalue weighted by Crippen LogP contribution is -2.42. The Hall–Kier alpha value is -3.06. The molecule has 0 saturated heterocycles. The van der Waals surface area contributed by atoms with Crippen molar-refractivity contribution in [2.75, 3.05) is 19.9 Å². The van der Waals surface area contributed by atoms with Gasteiger partial charge in [-0.15, -0.1) is 0 Å². The minimum absolute atomic E-state index is 0.121. The molecule has 2 aromatic carbocycles. The molecule has 0 bridgehead atoms. The lowest BCUT2D eigenvalue weighted by atomic mass is 10.1. The SMILES string of the molecule is Cc1ccccc1CCN(Cc1cc2cc3c(cc2[nH]c1=O)OCO3)C(=S)NCC(C)C. The van der Waals surface area contributed by atoms with Crippen LogP contribution in [0.25, 0.3) is 10.9 Å². The second kappa shape index (κ2) is 9.61. The van der Waals surface area contributed by atoms with Gasteiger partial charge in [-0.1, -0.05) is 38.1 Å². The van der Waals surface area contributed by atoms with E-state index in [0.717, 1.165) is 23.9 Å². The highest BCUT2D eigenvalue weighted by atomic mass is 32.1. The topological polar surface area (TPSA) is 66.6 Å². The molecule has 0 aliphatic carbocycles. The monoisotopic (exact) mass is 451 g/mol. The number of aromatic amines is 1. The lowest BCUT2D eigenvalue weighted by Gasteiger charge is -2.27. The maximum absolute atomic E-state index is 12.9. The fraction of sp³-hybridized carbons (Fsp3) is 0.360. The Balaban J connectivity index is 1.59. The molecular weight excluding hydrogens is 422 g/mol. The Kier molecular flexibility index (Phi) is 6.65. The third-order valence-electron chi connectivity index (χ3n) is 5.64. The van der Waals surface area contributed by atoms with E-state index < -0.39 is 0 Å². The van der Waals surface area contributed by atoms with E-state index in [4.69, 9.17) is 21.7 Å². The summed E-state index contributed by atoms with van der Waals surface area (Å²) in [6.07, 6.45) is 0.848. The zero-order valence-electron chi connectivity index (χ0n) is 18.7. The van der Waals surface area contributed by atoms with E-state index in [0.29, 0.717) is 41.2 Å². The quantitative estimate of drug-likeness (QED) is 0.527. The molecule has 0 saturated carbocycles. The number of ether oxygens (including phenoxy) is 2. The molecule has 1 aliphatic heterocycles. The summed E-state index contributed by atoms with van der Waals surface area (Å²) in [5.41, 5.74) is 3.81. The molecule has 1 aliphatic rings. The Morgan fingerprint density at radius 1 is 1.16 bits per heavy atom. The molecule has 6 nitrogen and oxygen atoms in total. The number of thiocarbonyl (C=S) groups is 1. The first-order valence-electron chi connectivity index (χ1n) is 10.9. The van der Waals surface area contributed by atoms with Crippen LogP contribution < -0.4 is 20.3 Å². The largest absolute Gasteiger partial charge is 0.454 e. The number of hydrogen-bond donors (Lipinski definition) is 2. The number of H-pyrrole nitrogens is 1. The molecule has 1 aromatic heterocycles. The first kappa shape index (κ1) is 22.1. The first-order valence-corrected chi connectivity index (χ1v) is 11.3. The second-order valence-electron chi connectivity index (χ2n) is 8.59. The Labute approximate surface area is 193 Å². The van der Waals surface area contributed by atoms with Gasteiger partial charge in [0.05, 0.1) is 12.1 Å². The zero-order valence-corrected chi connectivity index (χ0v) is 19.6. The van der Waals surface area contributed by atoms with Crippen LogP contribution in [0.1, 0.15) is 30.5 Å². The molecule has 0 amide bonds. The van der Waals surface area contributed by atoms with E-state index in [2.05, 4.69) is 54.2 Å². The summed E-state index contributed by atoms with van der Waals surface area (Å²) in [4.78, 5) is 17.9. The number of rotatable bonds is 7. The van der Waals surface area contributed by atoms with Crippen molar-refractivity contribution in [3.05, 3.63) is 69.5 Å². The smallest absolute Gasteiger partial charge is 0.253 e. The summed E-state index contributed by atoms with van der Waals surface area (Å²) in [5, 5.41) is 4.92. The van der Waals surface area contributed by atoms with E-state index in [-0.39, 0.29) is 12.4 Å². The van der Waals surface area contributed by atoms with Crippen molar-refractivity contribution in [3.8, 4) is 11.5 Å². The second-order valence-corrected chi connectivity index (χ2v) is 8.98. The third kappa shape index (κ3) is 5.05. The van der Waals surface area contributed by atoms with Gasteiger partial charge in [-0.25, -0.2) is 0 Å². The highest BCUT2D eigenvalue weighted by Gasteiger charge is 2.17. The molecule has 0 fully saturated rings. The normalized spacial score (nSPS) is 12.4. The van der Waals surface area contributed by atoms with Crippen LogP contribution in [-0.2, 0) is 13.0 Å². The van der Waals surface area contributed by atoms with Crippen LogP contribution in [0.15, 0.2) is 47.3 Å². The van der Waals surface area contributed by atoms with E-state index >= 15 is 0 Å². The molecule has 0 unspecified atom stereocenters. The van der Waals surface area contributed by atoms with Gasteiger partial charge in [0.25, 0.3) is 5.56 Å². The first-order chi connectivity index (χ1) is 15.4. The van der Waals surface area contributed by atoms with E-state index in [1.807, 2.05) is 24.3 Å². The molecular formula is C25H29N3O3S. The van der Waals surface area contributed by atoms with Gasteiger partial charge >= 0.3 is 0 Å². The van der Waals surface area contributed by atoms with Gasteiger partial charge in [0.2, 0.25) is 6.79 Å². The predicted octanol–water partition coefficient (Wildman–Crippen LogP) is 4.14. The number of hydrogen-bond acceptors (Lipinski definition) is 4. The van der Waals surface area contributed by atoms with Gasteiger partial charge in [-0.3, -0.25) is 4.79 Å². The van der Waals surface area contributed by atoms with Crippen molar-refractivity contribution in [2.24, 2.45) is 5.92 Å². The highest BCUT2D eigenvalue weighted by molar-refractivity contribution is 7.80. The number of pyridine rings is 1. The van der Waals surface area contributed by atoms with Crippen molar-refractivity contribution >= 4 is 28.2 Å². The van der Waals surface area contributed by atoms with Crippen molar-refractivity contribution in [1.29, 1.82) is 0 Å². The zero-order chi connectivity index (χ0) is 22.7. The molecule has 2 heterocycles. The number of nitrogens with one attached hydrogen (secondary N) is 2. The summed E-state index contributed by atoms with van der Waals surface area (Å²) >= 11 is 5.71. The molecule has 4 rings (SSSR count). The Bertz CT molecular complexity index is 1190. The number of fused-ring (bicyclic) bond motifs is 2. The number of aryl methyl sites for hydroxylation is 1. The van der Waals surface area contributed by atoms with Gasteiger partial charge in [-0.2, -0.15) is 0 Å². The fourth-order valence-electron chi connectivity index (χ4n) is 3.77. The van der Waals surface area contributed by atoms with Crippen LogP contribution in [0.5, 0.6) is 11.5 Å². The minimum Gasteiger partial charge on any atom is -0.454 e. The molecule has 7 heteroatoms. The van der Waals surface area contributed by atoms with Crippen LogP contribution in [0.4, 0.5) is 0 Å². The number of benzene rings is 2. The van der Waals surface area contributed by atoms with Crippen molar-refractivity contribution < 1.29 is 9.47 Å². The summed E-state index contributed by atoms with van der Waals surface area (Å²) < 4.78 is 10.9. The molecule has 0 atom stereocenters. The van der Waals surface area contributed by atoms with Crippen LogP contribution in [-0.4, -0.2) is 34.9 Å². The van der Waals surface area contributed by atoms with Crippen LogP contribution in [0.3, 0.4) is 0 Å². The van der Waals surface area contributed by atoms with Crippen molar-refractivity contribution in [1.82, 2.24) is 15.2 Å². The van der Waals surface area contributed by atoms with E-state index in [9.17, 15) is 4.79 Å². The van der Waals surface area contributed by atoms with Crippen LogP contribution >= 0.6 is 12.2 Å². The van der Waals surface area contributed by atoms with Gasteiger partial charge in [0, 0.05) is 30.1 Å². The van der Waals surface area contributed by atoms with Gasteiger partial charge in [0.1, 0.15) is 0 Å². The minimum atomic E-state index is -0.121. The Morgan fingerprint density at radius 2 is 1.91 bits per heavy atom. The molecule has 168 valence electrons. The average Bonchev–Trinajstić information content (AvgIpc) is 3.22. The molecule has 0 radical (unpaired) electrons. The summed E-state index contributed by atoms with van der Waals surface area (Å²) in [7, 11) is 0. The molecule has 32 heavy (non-hydrogen) atoms. The highest BCUT2D eigenvalue weighted by Crippen LogP contribution is 2.35. The fourth-order valence-corrected chi connectivity index (χ4v) is 4.01. The van der Waals surface area contributed by atoms with Gasteiger partial charge in [-0.05, 0) is 54.7 Å². The summed E-state index contributed by atoms with van der Waals surface area (Å²) in [6.45, 7) is 8.54. The lowest BCUT2D eigenvalue weighted by molar-refractivity contribution is 0.174. The predicted molar refractivity (Wildman–Crippen MR) is 131 cm³/mol. The summed E-state index contributed by atoms with van der Waals surface area (Å²) in [6, 6.07) is 14.0. The maximum atomic E-state index is 12.9. The molecule has 2 N–H and O–H groups in total. The number of nitrogens with zero attached hydrogens (tertiary/aromatic N) is 1. The van der Waals surface area contributed by atoms with Gasteiger partial charge < -0.3 is 24.7 Å². The molecule has 0 spiro atoms. The van der Waals surface area contributed by atoms with Gasteiger partial charge in [0.15, 0.2) is 16.6 Å². The number of aromatic nitrogens is 1. The van der Waals surface area contributed by atoms with E-state index in [1.54, 1.807) is 0 Å². The van der Waals surface area contributed by atoms with Crippen molar-refractivity contribution in [3.63, 3.8) is 0 Å². The third-order valence-corrected chi connectivity index (χ3v) is 6.04.